The number of carbonyl (C=O) groups is 1. The quantitative estimate of drug-likeness (QED) is 0.102. The van der Waals surface area contributed by atoms with Crippen LogP contribution in [0.1, 0.15) is 71.1 Å². The maximum absolute atomic E-state index is 12.2. The fourth-order valence-corrected chi connectivity index (χ4v) is 3.80. The van der Waals surface area contributed by atoms with Crippen LogP contribution in [0.4, 0.5) is 0 Å². The van der Waals surface area contributed by atoms with E-state index in [2.05, 4.69) is 54.8 Å². The van der Waals surface area contributed by atoms with Crippen LogP contribution in [-0.2, 0) is 14.3 Å². The largest absolute Gasteiger partial charge is 0.394 e. The first-order valence-corrected chi connectivity index (χ1v) is 13.9. The van der Waals surface area contributed by atoms with E-state index < -0.39 is 43.4 Å². The van der Waals surface area contributed by atoms with Crippen LogP contribution in [0.15, 0.2) is 48.6 Å². The predicted octanol–water partition coefficient (Wildman–Crippen LogP) is 2.43. The van der Waals surface area contributed by atoms with Crippen molar-refractivity contribution in [2.75, 3.05) is 19.8 Å². The van der Waals surface area contributed by atoms with Crippen LogP contribution in [0.25, 0.3) is 0 Å². The minimum absolute atomic E-state index is 0.178. The standard InChI is InChI=1S/C29H49NO8/c1-2-3-4-5-6-7-8-9-10-11-12-13-14-15-16-17-18-19-25(33)30-23(20-31)22-37-29-28(36)27(35)26(34)24(21-32)38-29/h6-7,9-10,12-13,15-16,23-24,26-29,31-32,34-36H,2-5,8,11,14,17-22H2,1H3,(H,30,33)/b7-6-,10-9-,13-12-,16-15-/t23-,24?,26+,27+,28?,29+/m1/s1. The number of carbonyl (C=O) groups excluding carboxylic acids is 1. The van der Waals surface area contributed by atoms with E-state index in [1.54, 1.807) is 0 Å². The fraction of sp³-hybridized carbons (Fsp3) is 0.690. The monoisotopic (exact) mass is 539 g/mol. The van der Waals surface area contributed by atoms with Crippen LogP contribution in [0.2, 0.25) is 0 Å². The molecule has 0 saturated carbocycles. The van der Waals surface area contributed by atoms with Gasteiger partial charge in [-0.1, -0.05) is 68.4 Å². The zero-order valence-corrected chi connectivity index (χ0v) is 22.7. The van der Waals surface area contributed by atoms with Gasteiger partial charge in [-0.3, -0.25) is 4.79 Å². The lowest BCUT2D eigenvalue weighted by Gasteiger charge is -2.39. The molecule has 1 rings (SSSR count). The number of rotatable bonds is 20. The molecule has 1 heterocycles. The lowest BCUT2D eigenvalue weighted by atomic mass is 9.99. The van der Waals surface area contributed by atoms with E-state index in [1.165, 1.54) is 25.7 Å². The molecule has 1 aliphatic heterocycles. The SMILES string of the molecule is CCCCC/C=C\C/C=C\C/C=C\C/C=C\CCCC(=O)N[C@H](CO)CO[C@H]1OC(CO)[C@H](O)[C@H](O)C1O. The molecule has 1 saturated heterocycles. The number of hydrogen-bond donors (Lipinski definition) is 6. The summed E-state index contributed by atoms with van der Waals surface area (Å²) in [6, 6.07) is -0.730. The lowest BCUT2D eigenvalue weighted by Crippen LogP contribution is -2.59. The molecule has 0 radical (unpaired) electrons. The highest BCUT2D eigenvalue weighted by Crippen LogP contribution is 2.22. The molecule has 9 heteroatoms. The summed E-state index contributed by atoms with van der Waals surface area (Å²) in [5.74, 6) is -0.239. The van der Waals surface area contributed by atoms with E-state index >= 15 is 0 Å². The van der Waals surface area contributed by atoms with E-state index in [-0.39, 0.29) is 25.5 Å². The van der Waals surface area contributed by atoms with Crippen molar-refractivity contribution in [2.45, 2.75) is 108 Å². The first-order chi connectivity index (χ1) is 18.4. The molecule has 38 heavy (non-hydrogen) atoms. The topological polar surface area (TPSA) is 149 Å². The van der Waals surface area contributed by atoms with Gasteiger partial charge in [0.2, 0.25) is 5.91 Å². The fourth-order valence-electron chi connectivity index (χ4n) is 3.80. The Hall–Kier alpha value is -1.85. The smallest absolute Gasteiger partial charge is 0.220 e. The lowest BCUT2D eigenvalue weighted by molar-refractivity contribution is -0.302. The normalized spacial score (nSPS) is 25.3. The summed E-state index contributed by atoms with van der Waals surface area (Å²) >= 11 is 0. The van der Waals surface area contributed by atoms with Gasteiger partial charge in [0.15, 0.2) is 6.29 Å². The van der Waals surface area contributed by atoms with Crippen molar-refractivity contribution < 1.29 is 39.8 Å². The van der Waals surface area contributed by atoms with E-state index in [1.807, 2.05) is 6.08 Å². The molecule has 0 aromatic carbocycles. The van der Waals surface area contributed by atoms with Crippen molar-refractivity contribution >= 4 is 5.91 Å². The number of amides is 1. The van der Waals surface area contributed by atoms with Gasteiger partial charge in [0.05, 0.1) is 25.9 Å². The Morgan fingerprint density at radius 2 is 1.42 bits per heavy atom. The highest BCUT2D eigenvalue weighted by atomic mass is 16.7. The highest BCUT2D eigenvalue weighted by molar-refractivity contribution is 5.76. The Morgan fingerprint density at radius 1 is 0.842 bits per heavy atom. The Balaban J connectivity index is 2.14. The van der Waals surface area contributed by atoms with Gasteiger partial charge in [0.1, 0.15) is 24.4 Å². The van der Waals surface area contributed by atoms with E-state index in [9.17, 15) is 30.3 Å². The molecular formula is C29H49NO8. The third-order valence-corrected chi connectivity index (χ3v) is 6.13. The van der Waals surface area contributed by atoms with Gasteiger partial charge in [-0.05, 0) is 44.9 Å². The third-order valence-electron chi connectivity index (χ3n) is 6.13. The van der Waals surface area contributed by atoms with Gasteiger partial charge in [0.25, 0.3) is 0 Å². The average molecular weight is 540 g/mol. The summed E-state index contributed by atoms with van der Waals surface area (Å²) < 4.78 is 10.6. The summed E-state index contributed by atoms with van der Waals surface area (Å²) in [6.07, 6.45) is 19.7. The van der Waals surface area contributed by atoms with Gasteiger partial charge in [0, 0.05) is 6.42 Å². The van der Waals surface area contributed by atoms with Crippen LogP contribution in [0, 0.1) is 0 Å². The average Bonchev–Trinajstić information content (AvgIpc) is 2.92. The molecule has 0 aromatic heterocycles. The summed E-state index contributed by atoms with van der Waals surface area (Å²) in [7, 11) is 0. The van der Waals surface area contributed by atoms with Crippen molar-refractivity contribution in [1.82, 2.24) is 5.32 Å². The number of allylic oxidation sites excluding steroid dienone is 8. The molecule has 0 aliphatic carbocycles. The summed E-state index contributed by atoms with van der Waals surface area (Å²) in [4.78, 5) is 12.2. The summed E-state index contributed by atoms with van der Waals surface area (Å²) in [5, 5.41) is 51.0. The maximum Gasteiger partial charge on any atom is 0.220 e. The van der Waals surface area contributed by atoms with Crippen LogP contribution in [0.3, 0.4) is 0 Å². The van der Waals surface area contributed by atoms with E-state index in [0.29, 0.717) is 6.42 Å². The van der Waals surface area contributed by atoms with Gasteiger partial charge in [-0.15, -0.1) is 0 Å². The third kappa shape index (κ3) is 14.9. The van der Waals surface area contributed by atoms with E-state index in [4.69, 9.17) is 9.47 Å². The number of hydrogen-bond acceptors (Lipinski definition) is 8. The first-order valence-electron chi connectivity index (χ1n) is 13.9. The van der Waals surface area contributed by atoms with Crippen LogP contribution in [0.5, 0.6) is 0 Å². The molecule has 0 spiro atoms. The molecule has 2 unspecified atom stereocenters. The minimum atomic E-state index is -1.55. The van der Waals surface area contributed by atoms with Gasteiger partial charge >= 0.3 is 0 Å². The Kier molecular flexibility index (Phi) is 19.8. The number of aliphatic hydroxyl groups is 5. The second-order valence-corrected chi connectivity index (χ2v) is 9.46. The molecule has 0 aromatic rings. The molecule has 1 amide bonds. The molecule has 1 aliphatic rings. The van der Waals surface area contributed by atoms with Crippen molar-refractivity contribution in [3.63, 3.8) is 0 Å². The second-order valence-electron chi connectivity index (χ2n) is 9.46. The van der Waals surface area contributed by atoms with Crippen molar-refractivity contribution in [3.05, 3.63) is 48.6 Å². The predicted molar refractivity (Wildman–Crippen MR) is 147 cm³/mol. The molecule has 6 atom stereocenters. The number of nitrogens with one attached hydrogen (secondary N) is 1. The van der Waals surface area contributed by atoms with Gasteiger partial charge < -0.3 is 40.3 Å². The molecule has 9 nitrogen and oxygen atoms in total. The molecular weight excluding hydrogens is 490 g/mol. The Bertz CT molecular complexity index is 721. The van der Waals surface area contributed by atoms with Crippen LogP contribution < -0.4 is 5.32 Å². The Labute approximate surface area is 227 Å². The van der Waals surface area contributed by atoms with E-state index in [0.717, 1.165) is 25.7 Å². The van der Waals surface area contributed by atoms with Crippen LogP contribution >= 0.6 is 0 Å². The van der Waals surface area contributed by atoms with Crippen LogP contribution in [-0.4, -0.2) is 88.0 Å². The number of ether oxygens (including phenoxy) is 2. The molecule has 1 fully saturated rings. The molecule has 6 N–H and O–H groups in total. The molecule has 0 bridgehead atoms. The zero-order chi connectivity index (χ0) is 28.0. The Morgan fingerprint density at radius 3 is 1.97 bits per heavy atom. The highest BCUT2D eigenvalue weighted by Gasteiger charge is 2.44. The number of unbranched alkanes of at least 4 members (excludes halogenated alkanes) is 4. The maximum atomic E-state index is 12.2. The molecule has 218 valence electrons. The summed E-state index contributed by atoms with van der Waals surface area (Å²) in [5.41, 5.74) is 0. The zero-order valence-electron chi connectivity index (χ0n) is 22.7. The number of aliphatic hydroxyl groups excluding tert-OH is 5. The second kappa shape index (κ2) is 22.0. The first kappa shape index (κ1) is 34.2. The van der Waals surface area contributed by atoms with Crippen molar-refractivity contribution in [1.29, 1.82) is 0 Å². The van der Waals surface area contributed by atoms with Crippen molar-refractivity contribution in [2.24, 2.45) is 0 Å². The van der Waals surface area contributed by atoms with Gasteiger partial charge in [-0.2, -0.15) is 0 Å². The summed E-state index contributed by atoms with van der Waals surface area (Å²) in [6.45, 7) is 1.08. The van der Waals surface area contributed by atoms with Gasteiger partial charge in [-0.25, -0.2) is 0 Å². The minimum Gasteiger partial charge on any atom is -0.394 e. The van der Waals surface area contributed by atoms with Crippen molar-refractivity contribution in [3.8, 4) is 0 Å².